The minimum atomic E-state index is -1.51. The molecule has 8 nitrogen and oxygen atoms in total. The van der Waals surface area contributed by atoms with Gasteiger partial charge in [-0.3, -0.25) is 14.2 Å². The number of carbonyl (C=O) groups is 1. The Bertz CT molecular complexity index is 1420. The Morgan fingerprint density at radius 3 is 2.48 bits per heavy atom. The third-order valence-corrected chi connectivity index (χ3v) is 6.07. The fourth-order valence-electron chi connectivity index (χ4n) is 4.51. The zero-order valence-corrected chi connectivity index (χ0v) is 18.4. The second-order valence-electron chi connectivity index (χ2n) is 8.14. The Morgan fingerprint density at radius 2 is 1.79 bits per heavy atom. The summed E-state index contributed by atoms with van der Waals surface area (Å²) in [4.78, 5) is 23.9. The zero-order valence-electron chi connectivity index (χ0n) is 18.4. The normalized spacial score (nSPS) is 15.8. The maximum absolute atomic E-state index is 13.9. The van der Waals surface area contributed by atoms with Crippen LogP contribution in [0.3, 0.4) is 0 Å². The van der Waals surface area contributed by atoms with Gasteiger partial charge < -0.3 is 4.90 Å². The lowest BCUT2D eigenvalue weighted by Gasteiger charge is -2.32. The molecule has 33 heavy (non-hydrogen) atoms. The van der Waals surface area contributed by atoms with E-state index in [2.05, 4.69) is 20.2 Å². The number of halogens is 3. The molecule has 1 unspecified atom stereocenters. The molecule has 0 aliphatic carbocycles. The Kier molecular flexibility index (Phi) is 4.73. The summed E-state index contributed by atoms with van der Waals surface area (Å²) in [5.74, 6) is -3.86. The number of rotatable bonds is 2. The van der Waals surface area contributed by atoms with Gasteiger partial charge in [0.2, 0.25) is 0 Å². The lowest BCUT2D eigenvalue weighted by Crippen LogP contribution is -2.39. The number of benzene rings is 1. The molecule has 1 aliphatic rings. The molecule has 4 heterocycles. The van der Waals surface area contributed by atoms with Crippen LogP contribution in [-0.2, 0) is 20.5 Å². The van der Waals surface area contributed by atoms with Crippen molar-refractivity contribution in [2.24, 2.45) is 14.1 Å². The molecule has 0 saturated heterocycles. The van der Waals surface area contributed by atoms with Gasteiger partial charge in [0.05, 0.1) is 29.0 Å². The van der Waals surface area contributed by atoms with E-state index in [4.69, 9.17) is 0 Å². The summed E-state index contributed by atoms with van der Waals surface area (Å²) in [5, 5.41) is 9.28. The number of carbonyl (C=O) groups excluding carboxylic acids is 1. The van der Waals surface area contributed by atoms with Crippen molar-refractivity contribution in [1.29, 1.82) is 0 Å². The van der Waals surface area contributed by atoms with Crippen LogP contribution in [0.25, 0.3) is 22.3 Å². The van der Waals surface area contributed by atoms with Crippen LogP contribution in [0.1, 0.15) is 40.5 Å². The number of hydrogen-bond donors (Lipinski definition) is 0. The van der Waals surface area contributed by atoms with Gasteiger partial charge in [-0.1, -0.05) is 0 Å². The predicted molar refractivity (Wildman–Crippen MR) is 113 cm³/mol. The van der Waals surface area contributed by atoms with E-state index in [9.17, 15) is 18.0 Å². The van der Waals surface area contributed by atoms with Gasteiger partial charge >= 0.3 is 0 Å². The largest absolute Gasteiger partial charge is 0.329 e. The average molecular weight is 455 g/mol. The van der Waals surface area contributed by atoms with Gasteiger partial charge in [0.25, 0.3) is 5.91 Å². The average Bonchev–Trinajstić information content (AvgIpc) is 3.31. The smallest absolute Gasteiger partial charge is 0.273 e. The molecule has 11 heteroatoms. The Hall–Kier alpha value is -3.76. The van der Waals surface area contributed by atoms with Gasteiger partial charge in [0.1, 0.15) is 11.5 Å². The first kappa shape index (κ1) is 21.1. The minimum Gasteiger partial charge on any atom is -0.329 e. The third-order valence-electron chi connectivity index (χ3n) is 6.07. The fourth-order valence-corrected chi connectivity index (χ4v) is 4.51. The molecule has 170 valence electrons. The molecule has 0 radical (unpaired) electrons. The van der Waals surface area contributed by atoms with E-state index < -0.39 is 23.5 Å². The number of fused-ring (bicyclic) bond motifs is 2. The van der Waals surface area contributed by atoms with Crippen LogP contribution in [-0.4, -0.2) is 46.9 Å². The Morgan fingerprint density at radius 1 is 1.09 bits per heavy atom. The highest BCUT2D eigenvalue weighted by Gasteiger charge is 2.35. The van der Waals surface area contributed by atoms with Crippen molar-refractivity contribution in [1.82, 2.24) is 34.4 Å². The highest BCUT2D eigenvalue weighted by Crippen LogP contribution is 2.37. The predicted octanol–water partition coefficient (Wildman–Crippen LogP) is 3.25. The first-order chi connectivity index (χ1) is 15.7. The summed E-state index contributed by atoms with van der Waals surface area (Å²) in [5.41, 5.74) is 2.90. The molecular weight excluding hydrogens is 435 g/mol. The molecule has 0 bridgehead atoms. The van der Waals surface area contributed by atoms with E-state index in [1.807, 2.05) is 6.92 Å². The maximum Gasteiger partial charge on any atom is 0.273 e. The summed E-state index contributed by atoms with van der Waals surface area (Å²) in [6.45, 7) is 3.91. The van der Waals surface area contributed by atoms with E-state index in [0.717, 1.165) is 17.7 Å². The molecule has 0 N–H and O–H groups in total. The number of hydrogen-bond acceptors (Lipinski definition) is 5. The standard InChI is InChI=1S/C22H20F3N7O/c1-10-18-13(20(30(3)29-18)12-7-15(23)17(25)16(24)8-12)5-6-32(10)22(33)19-14-9-26-31(4)21(14)28-11(2)27-19/h7-10H,5-6H2,1-4H3. The highest BCUT2D eigenvalue weighted by molar-refractivity contribution is 6.03. The van der Waals surface area contributed by atoms with Crippen LogP contribution in [0.4, 0.5) is 13.2 Å². The fraction of sp³-hybridized carbons (Fsp3) is 0.318. The third kappa shape index (κ3) is 3.18. The molecule has 3 aromatic heterocycles. The van der Waals surface area contributed by atoms with Gasteiger partial charge in [0, 0.05) is 31.8 Å². The van der Waals surface area contributed by atoms with Crippen molar-refractivity contribution >= 4 is 16.9 Å². The molecule has 5 rings (SSSR count). The second-order valence-corrected chi connectivity index (χ2v) is 8.14. The van der Waals surface area contributed by atoms with E-state index in [1.54, 1.807) is 36.8 Å². The number of amides is 1. The van der Waals surface area contributed by atoms with Crippen LogP contribution < -0.4 is 0 Å². The van der Waals surface area contributed by atoms with Crippen molar-refractivity contribution in [2.75, 3.05) is 6.54 Å². The van der Waals surface area contributed by atoms with Crippen molar-refractivity contribution in [3.63, 3.8) is 0 Å². The van der Waals surface area contributed by atoms with E-state index in [1.165, 1.54) is 4.68 Å². The van der Waals surface area contributed by atoms with Crippen molar-refractivity contribution in [3.05, 3.63) is 58.6 Å². The Labute approximate surface area is 186 Å². The van der Waals surface area contributed by atoms with Crippen molar-refractivity contribution in [2.45, 2.75) is 26.3 Å². The first-order valence-electron chi connectivity index (χ1n) is 10.3. The number of aryl methyl sites for hydroxylation is 3. The monoisotopic (exact) mass is 455 g/mol. The lowest BCUT2D eigenvalue weighted by atomic mass is 9.95. The topological polar surface area (TPSA) is 81.7 Å². The number of aromatic nitrogens is 6. The summed E-state index contributed by atoms with van der Waals surface area (Å²) in [6.07, 6.45) is 1.98. The lowest BCUT2D eigenvalue weighted by molar-refractivity contribution is 0.0669. The molecule has 0 fully saturated rings. The van der Waals surface area contributed by atoms with Gasteiger partial charge in [-0.15, -0.1) is 0 Å². The molecule has 1 aromatic carbocycles. The number of nitrogens with zero attached hydrogens (tertiary/aromatic N) is 7. The molecule has 1 atom stereocenters. The van der Waals surface area contributed by atoms with Gasteiger partial charge in [-0.2, -0.15) is 10.2 Å². The molecule has 1 amide bonds. The van der Waals surface area contributed by atoms with Gasteiger partial charge in [-0.25, -0.2) is 23.1 Å². The van der Waals surface area contributed by atoms with Crippen molar-refractivity contribution < 1.29 is 18.0 Å². The molecule has 0 spiro atoms. The highest BCUT2D eigenvalue weighted by atomic mass is 19.2. The van der Waals surface area contributed by atoms with E-state index in [0.29, 0.717) is 41.2 Å². The van der Waals surface area contributed by atoms with E-state index in [-0.39, 0.29) is 17.2 Å². The zero-order chi connectivity index (χ0) is 23.6. The summed E-state index contributed by atoms with van der Waals surface area (Å²) >= 11 is 0. The van der Waals surface area contributed by atoms with Crippen LogP contribution in [0.5, 0.6) is 0 Å². The minimum absolute atomic E-state index is 0.193. The van der Waals surface area contributed by atoms with Crippen LogP contribution >= 0.6 is 0 Å². The van der Waals surface area contributed by atoms with Gasteiger partial charge in [0.15, 0.2) is 23.1 Å². The molecule has 0 saturated carbocycles. The molecule has 4 aromatic rings. The Balaban J connectivity index is 1.55. The van der Waals surface area contributed by atoms with Crippen LogP contribution in [0.2, 0.25) is 0 Å². The maximum atomic E-state index is 13.9. The van der Waals surface area contributed by atoms with Crippen LogP contribution in [0, 0.1) is 24.4 Å². The first-order valence-corrected chi connectivity index (χ1v) is 10.3. The summed E-state index contributed by atoms with van der Waals surface area (Å²) in [6, 6.07) is 1.50. The molecular formula is C22H20F3N7O. The quantitative estimate of drug-likeness (QED) is 0.434. The van der Waals surface area contributed by atoms with Crippen LogP contribution in [0.15, 0.2) is 18.3 Å². The van der Waals surface area contributed by atoms with Crippen molar-refractivity contribution in [3.8, 4) is 11.3 Å². The van der Waals surface area contributed by atoms with E-state index >= 15 is 0 Å². The molecule has 1 aliphatic heterocycles. The summed E-state index contributed by atoms with van der Waals surface area (Å²) in [7, 11) is 3.40. The second kappa shape index (κ2) is 7.39. The van der Waals surface area contributed by atoms with Gasteiger partial charge in [-0.05, 0) is 32.4 Å². The summed E-state index contributed by atoms with van der Waals surface area (Å²) < 4.78 is 44.3. The SMILES string of the molecule is Cc1nc(C(=O)N2CCc3c(nn(C)c3-c3cc(F)c(F)c(F)c3)C2C)c2cnn(C)c2n1.